The van der Waals surface area contributed by atoms with Crippen LogP contribution in [0, 0.1) is 12.2 Å². The summed E-state index contributed by atoms with van der Waals surface area (Å²) in [4.78, 5) is 17.8. The first kappa shape index (κ1) is 26.4. The Kier molecular flexibility index (Phi) is 28.2. The minimum atomic E-state index is -0.105. The molecule has 18 heavy (non-hydrogen) atoms. The molecular formula is C13H18N2OW2. The van der Waals surface area contributed by atoms with E-state index >= 15 is 0 Å². The van der Waals surface area contributed by atoms with Crippen molar-refractivity contribution >= 4 is 18.2 Å². The summed E-state index contributed by atoms with van der Waals surface area (Å²) in [5.74, 6) is -0.105. The van der Waals surface area contributed by atoms with E-state index in [1.807, 2.05) is 13.8 Å². The van der Waals surface area contributed by atoms with E-state index in [1.54, 1.807) is 20.8 Å². The normalized spacial score (nSPS) is 11.4. The third-order valence-corrected chi connectivity index (χ3v) is 1.28. The number of hydrogen-bond donors (Lipinski definition) is 0. The third-order valence-electron chi connectivity index (χ3n) is 1.28. The van der Waals surface area contributed by atoms with Gasteiger partial charge in [0.2, 0.25) is 0 Å². The van der Waals surface area contributed by atoms with Crippen molar-refractivity contribution < 1.29 is 46.9 Å². The number of carbonyl (C=O) groups excluding carboxylic acids is 1. The molecule has 0 bridgehead atoms. The van der Waals surface area contributed by atoms with E-state index in [9.17, 15) is 4.79 Å². The monoisotopic (exact) mass is 586 g/mol. The Balaban J connectivity index is -0.000000100. The van der Waals surface area contributed by atoms with E-state index < -0.39 is 0 Å². The summed E-state index contributed by atoms with van der Waals surface area (Å²) in [6.07, 6.45) is 10.5. The zero-order chi connectivity index (χ0) is 13.0. The number of aliphatic imine (C=N–C) groups is 2. The molecule has 0 rings (SSSR count). The number of nitrogens with zero attached hydrogens (tertiary/aromatic N) is 2. The van der Waals surface area contributed by atoms with Crippen LogP contribution in [-0.2, 0) is 46.9 Å². The van der Waals surface area contributed by atoms with Gasteiger partial charge in [-0.3, -0.25) is 5.70 Å². The molecule has 0 fully saturated rings. The number of hydrogen-bond acceptors (Lipinski definition) is 3. The summed E-state index contributed by atoms with van der Waals surface area (Å²) in [6.45, 7) is 10.3. The second kappa shape index (κ2) is 19.2. The van der Waals surface area contributed by atoms with Gasteiger partial charge in [0, 0.05) is 0 Å². The predicted octanol–water partition coefficient (Wildman–Crippen LogP) is 2.93. The fourth-order valence-corrected chi connectivity index (χ4v) is 0.674. The number of rotatable bonds is 3. The zero-order valence-electron chi connectivity index (χ0n) is 11.6. The van der Waals surface area contributed by atoms with E-state index in [2.05, 4.69) is 34.6 Å². The predicted molar refractivity (Wildman–Crippen MR) is 67.4 cm³/mol. The molecule has 0 spiro atoms. The molecule has 0 heterocycles. The molecular weight excluding hydrogens is 568 g/mol. The van der Waals surface area contributed by atoms with Crippen LogP contribution in [0.25, 0.3) is 0 Å². The molecule has 0 aliphatic heterocycles. The molecule has 3 nitrogen and oxygen atoms in total. The van der Waals surface area contributed by atoms with Crippen molar-refractivity contribution in [2.24, 2.45) is 9.98 Å². The van der Waals surface area contributed by atoms with Crippen LogP contribution in [0.4, 0.5) is 0 Å². The van der Waals surface area contributed by atoms with Crippen LogP contribution in [-0.4, -0.2) is 18.2 Å². The van der Waals surface area contributed by atoms with Gasteiger partial charge in [0.15, 0.2) is 0 Å². The Morgan fingerprint density at radius 2 is 1.22 bits per heavy atom. The molecule has 0 unspecified atom stereocenters. The average Bonchev–Trinajstić information content (AvgIpc) is 2.18. The molecule has 0 aromatic heterocycles. The topological polar surface area (TPSA) is 41.8 Å². The quantitative estimate of drug-likeness (QED) is 0.285. The van der Waals surface area contributed by atoms with Crippen LogP contribution < -0.4 is 0 Å². The maximum atomic E-state index is 10.3. The first-order valence-corrected chi connectivity index (χ1v) is 4.85. The molecule has 0 saturated carbocycles. The molecule has 0 aromatic rings. The summed E-state index contributed by atoms with van der Waals surface area (Å²) < 4.78 is 0. The zero-order valence-corrected chi connectivity index (χ0v) is 17.5. The second-order valence-corrected chi connectivity index (χ2v) is 2.77. The van der Waals surface area contributed by atoms with Gasteiger partial charge in [0.1, 0.15) is 0 Å². The van der Waals surface area contributed by atoms with Gasteiger partial charge < -0.3 is 32.6 Å². The van der Waals surface area contributed by atoms with Crippen LogP contribution >= 0.6 is 0 Å². The van der Waals surface area contributed by atoms with Crippen molar-refractivity contribution in [3.8, 4) is 0 Å². The molecule has 0 radical (unpaired) electrons. The fourth-order valence-electron chi connectivity index (χ4n) is 0.674. The molecule has 0 atom stereocenters. The summed E-state index contributed by atoms with van der Waals surface area (Å²) in [5, 5.41) is 0. The summed E-state index contributed by atoms with van der Waals surface area (Å²) in [7, 11) is 0. The fraction of sp³-hybridized carbons (Fsp3) is 0.462. The molecule has 0 saturated heterocycles. The number of allylic oxidation sites excluding steroid dienone is 4. The smallest absolute Gasteiger partial charge is 0.584 e. The van der Waals surface area contributed by atoms with Crippen molar-refractivity contribution in [2.75, 3.05) is 0 Å². The van der Waals surface area contributed by atoms with E-state index in [1.165, 1.54) is 6.92 Å². The summed E-state index contributed by atoms with van der Waals surface area (Å²) in [5.41, 5.74) is 1.47. The van der Waals surface area contributed by atoms with E-state index in [-0.39, 0.29) is 47.9 Å². The van der Waals surface area contributed by atoms with Crippen LogP contribution in [0.1, 0.15) is 41.5 Å². The molecule has 5 heteroatoms. The van der Waals surface area contributed by atoms with Crippen LogP contribution in [0.15, 0.2) is 21.4 Å². The Bertz CT molecular complexity index is 319. The van der Waals surface area contributed by atoms with E-state index in [0.29, 0.717) is 5.70 Å². The number of Topliss-reactive ketones (excluding diaryl/α,β-unsaturated/α-hetero) is 1. The molecule has 98 valence electrons. The van der Waals surface area contributed by atoms with Crippen molar-refractivity contribution in [3.63, 3.8) is 0 Å². The number of ketones is 1. The van der Waals surface area contributed by atoms with Crippen LogP contribution in [0.5, 0.6) is 0 Å². The molecule has 0 amide bonds. The van der Waals surface area contributed by atoms with Crippen LogP contribution in [0.2, 0.25) is 0 Å². The van der Waals surface area contributed by atoms with Gasteiger partial charge in [-0.1, -0.05) is 0 Å². The second-order valence-electron chi connectivity index (χ2n) is 2.77. The maximum Gasteiger partial charge on any atom is 2.00 e. The number of carbonyl (C=O) groups is 1. The summed E-state index contributed by atoms with van der Waals surface area (Å²) in [6, 6.07) is 0. The van der Waals surface area contributed by atoms with Gasteiger partial charge in [-0.15, -0.1) is 27.7 Å². The van der Waals surface area contributed by atoms with Gasteiger partial charge in [-0.05, 0) is 12.7 Å². The molecule has 0 aliphatic rings. The third kappa shape index (κ3) is 24.9. The van der Waals surface area contributed by atoms with Gasteiger partial charge in [-0.25, -0.2) is 6.92 Å². The SMILES string of the molecule is C[C-]=NC(C)=[C-]C.C[C-]=NC(C)=[C-]C(C)=O.[W+2].[W+2]. The molecule has 0 N–H and O–H groups in total. The van der Waals surface area contributed by atoms with E-state index in [0.717, 1.165) is 5.70 Å². The first-order chi connectivity index (χ1) is 7.47. The van der Waals surface area contributed by atoms with Crippen molar-refractivity contribution in [1.29, 1.82) is 0 Å². The standard InChI is InChI=1S/C7H9NO.C6H9N.2W/c1-4-8-6(2)5-7(3)9;1-4-6(3)7-5-2;;/h1-3H3;1-3H3;;/q2*-2;2*+2. The minimum Gasteiger partial charge on any atom is -0.584 e. The van der Waals surface area contributed by atoms with Gasteiger partial charge in [-0.2, -0.15) is 12.4 Å². The Labute approximate surface area is 139 Å². The maximum absolute atomic E-state index is 10.3. The minimum absolute atomic E-state index is 0. The van der Waals surface area contributed by atoms with Gasteiger partial charge >= 0.3 is 42.1 Å². The first-order valence-electron chi connectivity index (χ1n) is 4.85. The van der Waals surface area contributed by atoms with Gasteiger partial charge in [0.05, 0.1) is 0 Å². The Morgan fingerprint density at radius 3 is 1.44 bits per heavy atom. The summed E-state index contributed by atoms with van der Waals surface area (Å²) >= 11 is 0. The Hall–Kier alpha value is -0.133. The van der Waals surface area contributed by atoms with Crippen molar-refractivity contribution in [1.82, 2.24) is 0 Å². The van der Waals surface area contributed by atoms with Crippen molar-refractivity contribution in [2.45, 2.75) is 41.5 Å². The van der Waals surface area contributed by atoms with Crippen LogP contribution in [0.3, 0.4) is 0 Å². The largest absolute Gasteiger partial charge is 2.00 e. The molecule has 0 aromatic carbocycles. The van der Waals surface area contributed by atoms with E-state index in [4.69, 9.17) is 0 Å². The molecule has 0 aliphatic carbocycles. The Morgan fingerprint density at radius 1 is 0.833 bits per heavy atom. The van der Waals surface area contributed by atoms with Crippen molar-refractivity contribution in [3.05, 3.63) is 23.5 Å². The van der Waals surface area contributed by atoms with Gasteiger partial charge in [0.25, 0.3) is 0 Å². The average molecular weight is 586 g/mol.